The first-order chi connectivity index (χ1) is 8.63. The molecule has 7 nitrogen and oxygen atoms in total. The first-order valence-electron chi connectivity index (χ1n) is 5.53. The highest BCUT2D eigenvalue weighted by molar-refractivity contribution is 5.95. The molecule has 0 saturated carbocycles. The Labute approximate surface area is 104 Å². The van der Waals surface area contributed by atoms with E-state index >= 15 is 0 Å². The smallest absolute Gasteiger partial charge is 0.331 e. The third-order valence-electron chi connectivity index (χ3n) is 2.71. The Bertz CT molecular complexity index is 456. The zero-order valence-corrected chi connectivity index (χ0v) is 10.2. The van der Waals surface area contributed by atoms with Crippen molar-refractivity contribution in [1.82, 2.24) is 10.1 Å². The average molecular weight is 254 g/mol. The van der Waals surface area contributed by atoms with Crippen molar-refractivity contribution in [3.63, 3.8) is 0 Å². The van der Waals surface area contributed by atoms with Crippen molar-refractivity contribution in [2.24, 2.45) is 0 Å². The van der Waals surface area contributed by atoms with Gasteiger partial charge in [0.1, 0.15) is 5.76 Å². The first-order valence-corrected chi connectivity index (χ1v) is 5.53. The molecular formula is C11H14N2O5. The number of hydrogen-bond acceptors (Lipinski definition) is 6. The third kappa shape index (κ3) is 2.35. The van der Waals surface area contributed by atoms with Gasteiger partial charge in [0.05, 0.1) is 20.3 Å². The molecule has 0 radical (unpaired) electrons. The van der Waals surface area contributed by atoms with Crippen molar-refractivity contribution in [2.45, 2.75) is 13.0 Å². The van der Waals surface area contributed by atoms with Crippen LogP contribution in [0.25, 0.3) is 0 Å². The van der Waals surface area contributed by atoms with E-state index in [1.807, 2.05) is 0 Å². The molecule has 1 saturated heterocycles. The van der Waals surface area contributed by atoms with E-state index in [0.717, 1.165) is 0 Å². The van der Waals surface area contributed by atoms with Crippen molar-refractivity contribution >= 4 is 11.9 Å². The molecule has 1 amide bonds. The molecular weight excluding hydrogens is 240 g/mol. The predicted molar refractivity (Wildman–Crippen MR) is 58.9 cm³/mol. The quantitative estimate of drug-likeness (QED) is 0.691. The van der Waals surface area contributed by atoms with Crippen molar-refractivity contribution < 1.29 is 23.6 Å². The summed E-state index contributed by atoms with van der Waals surface area (Å²) < 4.78 is 14.7. The van der Waals surface area contributed by atoms with Crippen LogP contribution in [-0.4, -0.2) is 54.8 Å². The van der Waals surface area contributed by atoms with E-state index in [0.29, 0.717) is 18.9 Å². The van der Waals surface area contributed by atoms with E-state index in [2.05, 4.69) is 9.89 Å². The maximum atomic E-state index is 12.2. The fourth-order valence-corrected chi connectivity index (χ4v) is 1.79. The Balaban J connectivity index is 2.18. The Morgan fingerprint density at radius 2 is 2.33 bits per heavy atom. The molecule has 2 heterocycles. The molecule has 1 unspecified atom stereocenters. The number of amides is 1. The summed E-state index contributed by atoms with van der Waals surface area (Å²) in [6.07, 6.45) is 0. The van der Waals surface area contributed by atoms with Gasteiger partial charge in [-0.15, -0.1) is 0 Å². The molecule has 1 atom stereocenters. The van der Waals surface area contributed by atoms with E-state index in [9.17, 15) is 9.59 Å². The highest BCUT2D eigenvalue weighted by atomic mass is 16.5. The molecule has 98 valence electrons. The molecule has 1 aliphatic rings. The minimum atomic E-state index is -0.728. The van der Waals surface area contributed by atoms with E-state index in [1.165, 1.54) is 18.1 Å². The summed E-state index contributed by atoms with van der Waals surface area (Å²) in [5, 5.41) is 3.65. The van der Waals surface area contributed by atoms with Crippen molar-refractivity contribution in [3.8, 4) is 0 Å². The Hall–Kier alpha value is -1.89. The molecule has 0 bridgehead atoms. The summed E-state index contributed by atoms with van der Waals surface area (Å²) in [6.45, 7) is 2.54. The molecule has 0 aliphatic carbocycles. The summed E-state index contributed by atoms with van der Waals surface area (Å²) >= 11 is 0. The second kappa shape index (κ2) is 5.18. The van der Waals surface area contributed by atoms with Crippen LogP contribution in [0.2, 0.25) is 0 Å². The van der Waals surface area contributed by atoms with Gasteiger partial charge in [-0.25, -0.2) is 4.79 Å². The van der Waals surface area contributed by atoms with Crippen LogP contribution in [0.1, 0.15) is 16.2 Å². The zero-order chi connectivity index (χ0) is 13.1. The number of carbonyl (C=O) groups is 2. The van der Waals surface area contributed by atoms with E-state index in [-0.39, 0.29) is 18.2 Å². The highest BCUT2D eigenvalue weighted by Crippen LogP contribution is 2.13. The van der Waals surface area contributed by atoms with Crippen LogP contribution in [0, 0.1) is 6.92 Å². The predicted octanol–water partition coefficient (Wildman–Crippen LogP) is -0.00298. The number of aromatic nitrogens is 1. The van der Waals surface area contributed by atoms with Gasteiger partial charge < -0.3 is 18.9 Å². The number of rotatable bonds is 2. The lowest BCUT2D eigenvalue weighted by Gasteiger charge is -2.32. The van der Waals surface area contributed by atoms with Gasteiger partial charge in [0.25, 0.3) is 5.91 Å². The van der Waals surface area contributed by atoms with Crippen LogP contribution in [0.4, 0.5) is 0 Å². The van der Waals surface area contributed by atoms with E-state index in [4.69, 9.17) is 9.26 Å². The van der Waals surface area contributed by atoms with E-state index in [1.54, 1.807) is 6.92 Å². The minimum absolute atomic E-state index is 0.134. The van der Waals surface area contributed by atoms with Crippen LogP contribution >= 0.6 is 0 Å². The molecule has 1 aliphatic heterocycles. The monoisotopic (exact) mass is 254 g/mol. The summed E-state index contributed by atoms with van der Waals surface area (Å²) in [5.74, 6) is -0.310. The van der Waals surface area contributed by atoms with Crippen molar-refractivity contribution in [2.75, 3.05) is 26.9 Å². The van der Waals surface area contributed by atoms with Crippen LogP contribution in [0.5, 0.6) is 0 Å². The zero-order valence-electron chi connectivity index (χ0n) is 10.2. The minimum Gasteiger partial charge on any atom is -0.467 e. The number of methoxy groups -OCH3 is 1. The van der Waals surface area contributed by atoms with Gasteiger partial charge in [-0.05, 0) is 6.92 Å². The number of carbonyl (C=O) groups excluding carboxylic acids is 2. The number of hydrogen-bond donors (Lipinski definition) is 0. The second-order valence-corrected chi connectivity index (χ2v) is 3.94. The van der Waals surface area contributed by atoms with Gasteiger partial charge in [0.2, 0.25) is 0 Å². The normalized spacial score (nSPS) is 19.7. The van der Waals surface area contributed by atoms with Crippen LogP contribution in [-0.2, 0) is 14.3 Å². The van der Waals surface area contributed by atoms with Gasteiger partial charge in [-0.3, -0.25) is 4.79 Å². The molecule has 1 aromatic heterocycles. The summed E-state index contributed by atoms with van der Waals surface area (Å²) in [7, 11) is 1.28. The maximum Gasteiger partial charge on any atom is 0.331 e. The number of morpholine rings is 1. The number of esters is 1. The van der Waals surface area contributed by atoms with Crippen molar-refractivity contribution in [3.05, 3.63) is 17.5 Å². The molecule has 1 fully saturated rings. The molecule has 0 N–H and O–H groups in total. The lowest BCUT2D eigenvalue weighted by atomic mass is 10.2. The number of ether oxygens (including phenoxy) is 2. The second-order valence-electron chi connectivity index (χ2n) is 3.94. The SMILES string of the molecule is COC(=O)C1COCCN1C(=O)c1cc(C)on1. The van der Waals surface area contributed by atoms with Gasteiger partial charge in [0.15, 0.2) is 11.7 Å². The fourth-order valence-electron chi connectivity index (χ4n) is 1.79. The van der Waals surface area contributed by atoms with Crippen molar-refractivity contribution in [1.29, 1.82) is 0 Å². The third-order valence-corrected chi connectivity index (χ3v) is 2.71. The van der Waals surface area contributed by atoms with Gasteiger partial charge in [0, 0.05) is 12.6 Å². The Kier molecular flexibility index (Phi) is 3.61. The maximum absolute atomic E-state index is 12.2. The van der Waals surface area contributed by atoms with Crippen LogP contribution in [0.15, 0.2) is 10.6 Å². The molecule has 2 rings (SSSR count). The highest BCUT2D eigenvalue weighted by Gasteiger charge is 2.35. The summed E-state index contributed by atoms with van der Waals surface area (Å²) in [6, 6.07) is 0.805. The lowest BCUT2D eigenvalue weighted by Crippen LogP contribution is -2.53. The standard InChI is InChI=1S/C11H14N2O5/c1-7-5-8(12-18-7)10(14)13-3-4-17-6-9(13)11(15)16-2/h5,9H,3-4,6H2,1-2H3. The first kappa shape index (κ1) is 12.6. The topological polar surface area (TPSA) is 81.9 Å². The van der Waals surface area contributed by atoms with Gasteiger partial charge in [-0.1, -0.05) is 5.16 Å². The molecule has 0 spiro atoms. The number of aryl methyl sites for hydroxylation is 1. The Morgan fingerprint density at radius 3 is 2.94 bits per heavy atom. The fraction of sp³-hybridized carbons (Fsp3) is 0.545. The molecule has 1 aromatic rings. The summed E-state index contributed by atoms with van der Waals surface area (Å²) in [5.41, 5.74) is 0.184. The average Bonchev–Trinajstić information content (AvgIpc) is 2.83. The molecule has 0 aromatic carbocycles. The summed E-state index contributed by atoms with van der Waals surface area (Å²) in [4.78, 5) is 25.2. The molecule has 18 heavy (non-hydrogen) atoms. The van der Waals surface area contributed by atoms with Gasteiger partial charge in [-0.2, -0.15) is 0 Å². The number of nitrogens with zero attached hydrogens (tertiary/aromatic N) is 2. The van der Waals surface area contributed by atoms with Crippen LogP contribution in [0.3, 0.4) is 0 Å². The van der Waals surface area contributed by atoms with Gasteiger partial charge >= 0.3 is 5.97 Å². The van der Waals surface area contributed by atoms with E-state index < -0.39 is 12.0 Å². The molecule has 7 heteroatoms. The Morgan fingerprint density at radius 1 is 1.56 bits per heavy atom. The lowest BCUT2D eigenvalue weighted by molar-refractivity contribution is -0.151. The largest absolute Gasteiger partial charge is 0.467 e. The van der Waals surface area contributed by atoms with Crippen LogP contribution < -0.4 is 0 Å².